The number of amides is 1. The molecule has 148 valence electrons. The molecular formula is C19H17N5O3S2. The Labute approximate surface area is 174 Å². The molecule has 0 fully saturated rings. The van der Waals surface area contributed by atoms with E-state index in [-0.39, 0.29) is 11.7 Å². The van der Waals surface area contributed by atoms with Crippen LogP contribution in [0.3, 0.4) is 0 Å². The van der Waals surface area contributed by atoms with E-state index in [0.717, 1.165) is 15.9 Å². The van der Waals surface area contributed by atoms with Gasteiger partial charge in [0.25, 0.3) is 0 Å². The summed E-state index contributed by atoms with van der Waals surface area (Å²) in [6.07, 6.45) is 1.72. The van der Waals surface area contributed by atoms with Gasteiger partial charge in [-0.3, -0.25) is 9.20 Å². The number of hydrogen-bond acceptors (Lipinski definition) is 8. The standard InChI is InChI=1S/C19H17N5O3S2/c1-10-11(2)29-18-16(10)17-22-23-19(24(17)9-20-18)28-8-15(25)21-12-3-4-13-14(7-12)27-6-5-26-13/h3-4,7,9H,5-6,8H2,1-2H3,(H,21,25). The average molecular weight is 428 g/mol. The van der Waals surface area contributed by atoms with Gasteiger partial charge < -0.3 is 14.8 Å². The molecular weight excluding hydrogens is 410 g/mol. The van der Waals surface area contributed by atoms with E-state index in [1.807, 2.05) is 4.40 Å². The molecule has 0 saturated carbocycles. The van der Waals surface area contributed by atoms with E-state index in [1.54, 1.807) is 35.9 Å². The van der Waals surface area contributed by atoms with Crippen LogP contribution in [-0.4, -0.2) is 44.5 Å². The number of carbonyl (C=O) groups excluding carboxylic acids is 1. The zero-order valence-electron chi connectivity index (χ0n) is 15.8. The van der Waals surface area contributed by atoms with Crippen molar-refractivity contribution in [2.24, 2.45) is 0 Å². The highest BCUT2D eigenvalue weighted by Crippen LogP contribution is 2.33. The molecule has 1 amide bonds. The summed E-state index contributed by atoms with van der Waals surface area (Å²) in [5.74, 6) is 1.40. The molecule has 5 rings (SSSR count). The quantitative estimate of drug-likeness (QED) is 0.499. The molecule has 8 nitrogen and oxygen atoms in total. The second kappa shape index (κ2) is 7.20. The fraction of sp³-hybridized carbons (Fsp3) is 0.263. The first-order valence-corrected chi connectivity index (χ1v) is 10.8. The number of fused-ring (bicyclic) bond motifs is 4. The lowest BCUT2D eigenvalue weighted by Crippen LogP contribution is -2.17. The zero-order valence-corrected chi connectivity index (χ0v) is 17.4. The van der Waals surface area contributed by atoms with Crippen LogP contribution in [0, 0.1) is 13.8 Å². The van der Waals surface area contributed by atoms with E-state index in [2.05, 4.69) is 34.3 Å². The highest BCUT2D eigenvalue weighted by atomic mass is 32.2. The molecule has 3 aromatic heterocycles. The first-order chi connectivity index (χ1) is 14.1. The van der Waals surface area contributed by atoms with E-state index in [4.69, 9.17) is 9.47 Å². The van der Waals surface area contributed by atoms with Gasteiger partial charge in [0.05, 0.1) is 11.1 Å². The number of aromatic nitrogens is 4. The third-order valence-corrected chi connectivity index (χ3v) is 6.76. The van der Waals surface area contributed by atoms with Crippen molar-refractivity contribution in [2.75, 3.05) is 24.3 Å². The van der Waals surface area contributed by atoms with E-state index in [1.165, 1.54) is 22.2 Å². The monoisotopic (exact) mass is 427 g/mol. The number of nitrogens with zero attached hydrogens (tertiary/aromatic N) is 4. The Bertz CT molecular complexity index is 1250. The predicted molar refractivity (Wildman–Crippen MR) is 112 cm³/mol. The SMILES string of the molecule is Cc1sc2ncn3c(SCC(=O)Nc4ccc5c(c4)OCCO5)nnc3c2c1C. The molecule has 1 aliphatic rings. The molecule has 0 bridgehead atoms. The van der Waals surface area contributed by atoms with Crippen molar-refractivity contribution in [1.82, 2.24) is 19.6 Å². The van der Waals surface area contributed by atoms with Gasteiger partial charge in [0.1, 0.15) is 24.4 Å². The molecule has 0 saturated heterocycles. The third-order valence-electron chi connectivity index (χ3n) is 4.70. The minimum absolute atomic E-state index is 0.139. The topological polar surface area (TPSA) is 90.6 Å². The van der Waals surface area contributed by atoms with Crippen LogP contribution in [0.2, 0.25) is 0 Å². The summed E-state index contributed by atoms with van der Waals surface area (Å²) in [5, 5.41) is 13.1. The number of ether oxygens (including phenoxy) is 2. The van der Waals surface area contributed by atoms with Crippen LogP contribution < -0.4 is 14.8 Å². The molecule has 0 aliphatic carbocycles. The van der Waals surface area contributed by atoms with Crippen molar-refractivity contribution in [2.45, 2.75) is 19.0 Å². The highest BCUT2D eigenvalue weighted by molar-refractivity contribution is 7.99. The molecule has 0 radical (unpaired) electrons. The van der Waals surface area contributed by atoms with Crippen molar-refractivity contribution in [3.8, 4) is 11.5 Å². The predicted octanol–water partition coefficient (Wildman–Crippen LogP) is 3.46. The molecule has 0 spiro atoms. The largest absolute Gasteiger partial charge is 0.486 e. The molecule has 1 N–H and O–H groups in total. The molecule has 29 heavy (non-hydrogen) atoms. The summed E-state index contributed by atoms with van der Waals surface area (Å²) in [6, 6.07) is 5.36. The maximum absolute atomic E-state index is 12.4. The van der Waals surface area contributed by atoms with Crippen LogP contribution in [0.25, 0.3) is 15.9 Å². The molecule has 0 unspecified atom stereocenters. The van der Waals surface area contributed by atoms with Gasteiger partial charge in [-0.15, -0.1) is 21.5 Å². The molecule has 4 heterocycles. The number of anilines is 1. The van der Waals surface area contributed by atoms with Crippen molar-refractivity contribution in [3.05, 3.63) is 35.0 Å². The molecule has 4 aromatic rings. The minimum atomic E-state index is -0.139. The average Bonchev–Trinajstić information content (AvgIpc) is 3.26. The Morgan fingerprint density at radius 1 is 1.24 bits per heavy atom. The van der Waals surface area contributed by atoms with Crippen LogP contribution in [-0.2, 0) is 4.79 Å². The fourth-order valence-corrected chi connectivity index (χ4v) is 4.87. The van der Waals surface area contributed by atoms with Crippen LogP contribution in [0.4, 0.5) is 5.69 Å². The van der Waals surface area contributed by atoms with E-state index < -0.39 is 0 Å². The third kappa shape index (κ3) is 3.28. The fourth-order valence-electron chi connectivity index (χ4n) is 3.17. The Kier molecular flexibility index (Phi) is 4.51. The molecule has 10 heteroatoms. The van der Waals surface area contributed by atoms with E-state index in [9.17, 15) is 4.79 Å². The summed E-state index contributed by atoms with van der Waals surface area (Å²) in [4.78, 5) is 19.1. The number of benzene rings is 1. The number of aryl methyl sites for hydroxylation is 2. The van der Waals surface area contributed by atoms with E-state index >= 15 is 0 Å². The van der Waals surface area contributed by atoms with Crippen molar-refractivity contribution in [1.29, 1.82) is 0 Å². The van der Waals surface area contributed by atoms with Gasteiger partial charge in [-0.2, -0.15) is 0 Å². The van der Waals surface area contributed by atoms with Crippen LogP contribution in [0.15, 0.2) is 29.7 Å². The lowest BCUT2D eigenvalue weighted by Gasteiger charge is -2.18. The lowest BCUT2D eigenvalue weighted by molar-refractivity contribution is -0.113. The van der Waals surface area contributed by atoms with Crippen LogP contribution in [0.5, 0.6) is 11.5 Å². The lowest BCUT2D eigenvalue weighted by atomic mass is 10.2. The zero-order chi connectivity index (χ0) is 20.0. The summed E-state index contributed by atoms with van der Waals surface area (Å²) in [6.45, 7) is 5.18. The Morgan fingerprint density at radius 3 is 2.93 bits per heavy atom. The Hall–Kier alpha value is -2.85. The molecule has 1 aromatic carbocycles. The van der Waals surface area contributed by atoms with Gasteiger partial charge in [0.2, 0.25) is 5.91 Å². The summed E-state index contributed by atoms with van der Waals surface area (Å²) in [7, 11) is 0. The second-order valence-electron chi connectivity index (χ2n) is 6.58. The second-order valence-corrected chi connectivity index (χ2v) is 8.73. The van der Waals surface area contributed by atoms with Crippen molar-refractivity contribution >= 4 is 50.6 Å². The van der Waals surface area contributed by atoms with Gasteiger partial charge in [-0.25, -0.2) is 4.98 Å². The minimum Gasteiger partial charge on any atom is -0.486 e. The van der Waals surface area contributed by atoms with Gasteiger partial charge in [-0.1, -0.05) is 11.8 Å². The number of hydrogen-bond donors (Lipinski definition) is 1. The van der Waals surface area contributed by atoms with Gasteiger partial charge >= 0.3 is 0 Å². The molecule has 0 atom stereocenters. The number of nitrogens with one attached hydrogen (secondary N) is 1. The smallest absolute Gasteiger partial charge is 0.234 e. The highest BCUT2D eigenvalue weighted by Gasteiger charge is 2.17. The number of carbonyl (C=O) groups is 1. The normalized spacial score (nSPS) is 13.2. The Morgan fingerprint density at radius 2 is 2.07 bits per heavy atom. The number of thioether (sulfide) groups is 1. The maximum Gasteiger partial charge on any atom is 0.234 e. The summed E-state index contributed by atoms with van der Waals surface area (Å²) < 4.78 is 12.9. The van der Waals surface area contributed by atoms with Crippen LogP contribution >= 0.6 is 23.1 Å². The van der Waals surface area contributed by atoms with Gasteiger partial charge in [-0.05, 0) is 31.5 Å². The summed E-state index contributed by atoms with van der Waals surface area (Å²) >= 11 is 2.97. The first-order valence-electron chi connectivity index (χ1n) is 9.02. The number of rotatable bonds is 4. The molecule has 1 aliphatic heterocycles. The van der Waals surface area contributed by atoms with Crippen LogP contribution in [0.1, 0.15) is 10.4 Å². The van der Waals surface area contributed by atoms with Gasteiger partial charge in [0.15, 0.2) is 22.3 Å². The van der Waals surface area contributed by atoms with Gasteiger partial charge in [0, 0.05) is 16.6 Å². The number of thiophene rings is 1. The first kappa shape index (κ1) is 18.2. The van der Waals surface area contributed by atoms with Crippen molar-refractivity contribution in [3.63, 3.8) is 0 Å². The van der Waals surface area contributed by atoms with E-state index in [0.29, 0.717) is 35.6 Å². The van der Waals surface area contributed by atoms with Crippen molar-refractivity contribution < 1.29 is 14.3 Å². The summed E-state index contributed by atoms with van der Waals surface area (Å²) in [5.41, 5.74) is 2.61. The maximum atomic E-state index is 12.4. The Balaban J connectivity index is 1.31.